The van der Waals surface area contributed by atoms with Crippen molar-refractivity contribution in [3.63, 3.8) is 0 Å². The quantitative estimate of drug-likeness (QED) is 0.477. The Hall–Kier alpha value is -2.38. The molecule has 3 N–H and O–H groups in total. The van der Waals surface area contributed by atoms with Gasteiger partial charge < -0.3 is 15.8 Å². The maximum atomic E-state index is 5.94. The summed E-state index contributed by atoms with van der Waals surface area (Å²) in [5.41, 5.74) is 8.84. The number of nitrogens with zero attached hydrogens (tertiary/aromatic N) is 2. The molecule has 2 aromatic carbocycles. The molecule has 1 heterocycles. The number of para-hydroxylation sites is 1. The van der Waals surface area contributed by atoms with Crippen molar-refractivity contribution in [2.75, 3.05) is 12.4 Å². The van der Waals surface area contributed by atoms with Gasteiger partial charge in [-0.25, -0.2) is 9.98 Å². The molecule has 0 fully saturated rings. The van der Waals surface area contributed by atoms with Crippen LogP contribution in [0.1, 0.15) is 5.56 Å². The van der Waals surface area contributed by atoms with Gasteiger partial charge in [-0.05, 0) is 17.7 Å². The molecular formula is C18H19BrN4OS. The number of nitrogens with one attached hydrogen (secondary N) is 1. The Labute approximate surface area is 161 Å². The van der Waals surface area contributed by atoms with Gasteiger partial charge in [0, 0.05) is 10.9 Å². The summed E-state index contributed by atoms with van der Waals surface area (Å²) in [5, 5.41) is 5.70. The van der Waals surface area contributed by atoms with Crippen LogP contribution in [0.2, 0.25) is 0 Å². The van der Waals surface area contributed by atoms with E-state index < -0.39 is 0 Å². The molecule has 0 aliphatic rings. The molecule has 0 amide bonds. The maximum Gasteiger partial charge on any atom is 0.195 e. The van der Waals surface area contributed by atoms with Crippen LogP contribution in [0.5, 0.6) is 5.75 Å². The van der Waals surface area contributed by atoms with E-state index in [1.165, 1.54) is 11.3 Å². The lowest BCUT2D eigenvalue weighted by molar-refractivity contribution is 0.416. The Balaban J connectivity index is 0.00000225. The van der Waals surface area contributed by atoms with Crippen LogP contribution < -0.4 is 15.8 Å². The molecule has 3 aromatic rings. The summed E-state index contributed by atoms with van der Waals surface area (Å²) in [6, 6.07) is 17.7. The lowest BCUT2D eigenvalue weighted by atomic mass is 10.1. The van der Waals surface area contributed by atoms with Crippen LogP contribution in [0.3, 0.4) is 0 Å². The predicted molar refractivity (Wildman–Crippen MR) is 110 cm³/mol. The van der Waals surface area contributed by atoms with Crippen molar-refractivity contribution in [1.29, 1.82) is 0 Å². The molecule has 0 radical (unpaired) electrons. The Morgan fingerprint density at radius 3 is 2.64 bits per heavy atom. The number of benzene rings is 2. The topological polar surface area (TPSA) is 72.5 Å². The van der Waals surface area contributed by atoms with Crippen molar-refractivity contribution in [3.05, 3.63) is 65.5 Å². The van der Waals surface area contributed by atoms with Gasteiger partial charge in [-0.1, -0.05) is 42.5 Å². The molecule has 0 atom stereocenters. The average Bonchev–Trinajstić information content (AvgIpc) is 3.09. The molecule has 0 spiro atoms. The van der Waals surface area contributed by atoms with Crippen molar-refractivity contribution in [3.8, 4) is 17.0 Å². The first kappa shape index (κ1) is 19.0. The third-order valence-electron chi connectivity index (χ3n) is 3.40. The molecule has 0 aliphatic heterocycles. The second-order valence-electron chi connectivity index (χ2n) is 5.05. The Bertz CT molecular complexity index is 836. The molecule has 3 rings (SSSR count). The monoisotopic (exact) mass is 418 g/mol. The molecular weight excluding hydrogens is 400 g/mol. The van der Waals surface area contributed by atoms with Gasteiger partial charge >= 0.3 is 0 Å². The van der Waals surface area contributed by atoms with Gasteiger partial charge in [-0.2, -0.15) is 0 Å². The highest BCUT2D eigenvalue weighted by atomic mass is 79.9. The second-order valence-corrected chi connectivity index (χ2v) is 5.91. The zero-order valence-electron chi connectivity index (χ0n) is 13.7. The number of anilines is 1. The fourth-order valence-corrected chi connectivity index (χ4v) is 2.94. The molecule has 7 heteroatoms. The number of hydrogen-bond donors (Lipinski definition) is 2. The summed E-state index contributed by atoms with van der Waals surface area (Å²) in [6.07, 6.45) is 0. The zero-order chi connectivity index (χ0) is 16.8. The van der Waals surface area contributed by atoms with Crippen LogP contribution in [-0.2, 0) is 6.54 Å². The van der Waals surface area contributed by atoms with Crippen LogP contribution >= 0.6 is 28.3 Å². The number of nitrogens with two attached hydrogens (primary N) is 1. The van der Waals surface area contributed by atoms with Gasteiger partial charge in [-0.15, -0.1) is 28.3 Å². The number of ether oxygens (including phenoxy) is 1. The fourth-order valence-electron chi connectivity index (χ4n) is 2.22. The Morgan fingerprint density at radius 1 is 1.16 bits per heavy atom. The second kappa shape index (κ2) is 9.19. The third kappa shape index (κ3) is 5.04. The molecule has 0 saturated heterocycles. The van der Waals surface area contributed by atoms with Gasteiger partial charge in [0.25, 0.3) is 0 Å². The van der Waals surface area contributed by atoms with Crippen LogP contribution in [0, 0.1) is 0 Å². The van der Waals surface area contributed by atoms with Crippen LogP contribution in [0.15, 0.2) is 65.0 Å². The van der Waals surface area contributed by atoms with E-state index in [2.05, 4.69) is 15.3 Å². The van der Waals surface area contributed by atoms with E-state index in [1.54, 1.807) is 7.11 Å². The molecule has 0 unspecified atom stereocenters. The summed E-state index contributed by atoms with van der Waals surface area (Å²) in [7, 11) is 1.65. The summed E-state index contributed by atoms with van der Waals surface area (Å²) in [4.78, 5) is 8.88. The average molecular weight is 419 g/mol. The van der Waals surface area contributed by atoms with Crippen LogP contribution in [0.25, 0.3) is 11.3 Å². The first-order valence-electron chi connectivity index (χ1n) is 7.46. The molecule has 130 valence electrons. The van der Waals surface area contributed by atoms with E-state index in [1.807, 2.05) is 60.0 Å². The largest absolute Gasteiger partial charge is 0.496 e. The number of guanidine groups is 1. The Morgan fingerprint density at radius 2 is 1.88 bits per heavy atom. The van der Waals surface area contributed by atoms with Gasteiger partial charge in [0.2, 0.25) is 0 Å². The predicted octanol–water partition coefficient (Wildman–Crippen LogP) is 4.32. The van der Waals surface area contributed by atoms with Crippen molar-refractivity contribution in [2.24, 2.45) is 10.7 Å². The number of aromatic nitrogens is 1. The minimum absolute atomic E-state index is 0. The van der Waals surface area contributed by atoms with E-state index in [4.69, 9.17) is 10.5 Å². The SMILES string of the molecule is Br.COc1ccccc1-c1csc(NC(N)=NCc2ccccc2)n1. The minimum atomic E-state index is 0. The maximum absolute atomic E-state index is 5.94. The van der Waals surface area contributed by atoms with Crippen molar-refractivity contribution in [2.45, 2.75) is 6.54 Å². The van der Waals surface area contributed by atoms with E-state index in [-0.39, 0.29) is 17.0 Å². The van der Waals surface area contributed by atoms with Gasteiger partial charge in [0.1, 0.15) is 5.75 Å². The normalized spacial score (nSPS) is 10.8. The molecule has 0 saturated carbocycles. The van der Waals surface area contributed by atoms with E-state index in [9.17, 15) is 0 Å². The van der Waals surface area contributed by atoms with Crippen LogP contribution in [-0.4, -0.2) is 18.1 Å². The Kier molecular flexibility index (Phi) is 6.97. The van der Waals surface area contributed by atoms with Gasteiger partial charge in [0.05, 0.1) is 19.3 Å². The lowest BCUT2D eigenvalue weighted by Crippen LogP contribution is -2.22. The lowest BCUT2D eigenvalue weighted by Gasteiger charge is -2.05. The van der Waals surface area contributed by atoms with Crippen LogP contribution in [0.4, 0.5) is 5.13 Å². The van der Waals surface area contributed by atoms with Crippen molar-refractivity contribution in [1.82, 2.24) is 4.98 Å². The molecule has 5 nitrogen and oxygen atoms in total. The number of thiazole rings is 1. The highest BCUT2D eigenvalue weighted by molar-refractivity contribution is 8.93. The number of aliphatic imine (C=N–C) groups is 1. The first-order valence-corrected chi connectivity index (χ1v) is 8.34. The van der Waals surface area contributed by atoms with E-state index in [0.717, 1.165) is 22.6 Å². The van der Waals surface area contributed by atoms with E-state index >= 15 is 0 Å². The fraction of sp³-hybridized carbons (Fsp3) is 0.111. The smallest absolute Gasteiger partial charge is 0.195 e. The zero-order valence-corrected chi connectivity index (χ0v) is 16.2. The number of hydrogen-bond acceptors (Lipinski definition) is 4. The highest BCUT2D eigenvalue weighted by Gasteiger charge is 2.09. The number of rotatable bonds is 5. The summed E-state index contributed by atoms with van der Waals surface area (Å²) < 4.78 is 5.37. The third-order valence-corrected chi connectivity index (χ3v) is 4.15. The summed E-state index contributed by atoms with van der Waals surface area (Å²) in [6.45, 7) is 0.532. The summed E-state index contributed by atoms with van der Waals surface area (Å²) >= 11 is 1.47. The van der Waals surface area contributed by atoms with Gasteiger partial charge in [-0.3, -0.25) is 0 Å². The number of methoxy groups -OCH3 is 1. The molecule has 25 heavy (non-hydrogen) atoms. The van der Waals surface area contributed by atoms with Crippen molar-refractivity contribution >= 4 is 39.4 Å². The standard InChI is InChI=1S/C18H18N4OS.BrH/c1-23-16-10-6-5-9-14(16)15-12-24-18(21-15)22-17(19)20-11-13-7-3-2-4-8-13;/h2-10,12H,11H2,1H3,(H3,19,20,21,22);1H. The van der Waals surface area contributed by atoms with Crippen molar-refractivity contribution < 1.29 is 4.74 Å². The first-order chi connectivity index (χ1) is 11.8. The van der Waals surface area contributed by atoms with E-state index in [0.29, 0.717) is 17.6 Å². The molecule has 0 aliphatic carbocycles. The minimum Gasteiger partial charge on any atom is -0.496 e. The number of halogens is 1. The molecule has 0 bridgehead atoms. The molecule has 1 aromatic heterocycles. The van der Waals surface area contributed by atoms with Gasteiger partial charge in [0.15, 0.2) is 11.1 Å². The summed E-state index contributed by atoms with van der Waals surface area (Å²) in [5.74, 6) is 1.14. The highest BCUT2D eigenvalue weighted by Crippen LogP contribution is 2.31.